The van der Waals surface area contributed by atoms with Crippen molar-refractivity contribution in [2.24, 2.45) is 5.92 Å². The number of hydrogen-bond donors (Lipinski definition) is 3. The summed E-state index contributed by atoms with van der Waals surface area (Å²) in [6.45, 7) is 3.23. The van der Waals surface area contributed by atoms with E-state index in [1.54, 1.807) is 12.1 Å². The Morgan fingerprint density at radius 1 is 1.41 bits per heavy atom. The molecule has 0 aliphatic rings. The maximum absolute atomic E-state index is 11.5. The number of nitrogens with one attached hydrogen (secondary N) is 1. The molecule has 0 aromatic heterocycles. The standard InChI is InChI=1S/C12H15NO4/c1-3-8-4-5-10(14)9(6-8)13-11(15)7(2)12(16)17/h4-7,14H,3H2,1-2H3,(H,13,15)(H,16,17). The first-order valence-electron chi connectivity index (χ1n) is 5.31. The molecule has 1 rings (SSSR count). The van der Waals surface area contributed by atoms with E-state index in [1.165, 1.54) is 13.0 Å². The van der Waals surface area contributed by atoms with E-state index in [1.807, 2.05) is 6.92 Å². The summed E-state index contributed by atoms with van der Waals surface area (Å²) < 4.78 is 0. The van der Waals surface area contributed by atoms with Crippen LogP contribution in [0.4, 0.5) is 5.69 Å². The van der Waals surface area contributed by atoms with Crippen LogP contribution in [-0.2, 0) is 16.0 Å². The number of carbonyl (C=O) groups excluding carboxylic acids is 1. The van der Waals surface area contributed by atoms with Crippen LogP contribution < -0.4 is 5.32 Å². The number of carboxylic acid groups (broad SMARTS) is 1. The van der Waals surface area contributed by atoms with Crippen LogP contribution >= 0.6 is 0 Å². The average molecular weight is 237 g/mol. The Morgan fingerprint density at radius 2 is 2.06 bits per heavy atom. The van der Waals surface area contributed by atoms with Gasteiger partial charge in [0.15, 0.2) is 0 Å². The molecule has 1 aromatic carbocycles. The van der Waals surface area contributed by atoms with Crippen LogP contribution in [0.5, 0.6) is 5.75 Å². The fourth-order valence-corrected chi connectivity index (χ4v) is 1.26. The van der Waals surface area contributed by atoms with E-state index in [-0.39, 0.29) is 11.4 Å². The van der Waals surface area contributed by atoms with Crippen molar-refractivity contribution >= 4 is 17.6 Å². The molecular weight excluding hydrogens is 222 g/mol. The predicted molar refractivity (Wildman–Crippen MR) is 62.9 cm³/mol. The maximum atomic E-state index is 11.5. The second-order valence-electron chi connectivity index (χ2n) is 3.75. The Balaban J connectivity index is 2.87. The van der Waals surface area contributed by atoms with Crippen molar-refractivity contribution in [3.8, 4) is 5.75 Å². The van der Waals surface area contributed by atoms with Gasteiger partial charge in [-0.25, -0.2) is 0 Å². The first-order valence-corrected chi connectivity index (χ1v) is 5.31. The van der Waals surface area contributed by atoms with Gasteiger partial charge in [-0.2, -0.15) is 0 Å². The van der Waals surface area contributed by atoms with Gasteiger partial charge in [-0.15, -0.1) is 0 Å². The van der Waals surface area contributed by atoms with Gasteiger partial charge in [0.25, 0.3) is 0 Å². The molecule has 92 valence electrons. The molecule has 0 bridgehead atoms. The fourth-order valence-electron chi connectivity index (χ4n) is 1.26. The summed E-state index contributed by atoms with van der Waals surface area (Å²) in [5.41, 5.74) is 1.18. The van der Waals surface area contributed by atoms with Crippen LogP contribution in [0.1, 0.15) is 19.4 Å². The molecule has 0 heterocycles. The van der Waals surface area contributed by atoms with Gasteiger partial charge in [0.1, 0.15) is 11.7 Å². The molecule has 0 fully saturated rings. The molecule has 1 unspecified atom stereocenters. The molecule has 1 aromatic rings. The highest BCUT2D eigenvalue weighted by molar-refractivity contribution is 6.04. The minimum absolute atomic E-state index is 0.0758. The summed E-state index contributed by atoms with van der Waals surface area (Å²) in [5.74, 6) is -3.08. The molecule has 5 heteroatoms. The van der Waals surface area contributed by atoms with Crippen LogP contribution in [0.15, 0.2) is 18.2 Å². The number of hydrogen-bond acceptors (Lipinski definition) is 3. The van der Waals surface area contributed by atoms with Crippen molar-refractivity contribution in [2.45, 2.75) is 20.3 Å². The molecule has 0 radical (unpaired) electrons. The molecule has 0 aliphatic carbocycles. The SMILES string of the molecule is CCc1ccc(O)c(NC(=O)C(C)C(=O)O)c1. The minimum atomic E-state index is -1.20. The molecule has 5 nitrogen and oxygen atoms in total. The van der Waals surface area contributed by atoms with Gasteiger partial charge in [-0.1, -0.05) is 13.0 Å². The van der Waals surface area contributed by atoms with E-state index >= 15 is 0 Å². The molecule has 0 spiro atoms. The summed E-state index contributed by atoms with van der Waals surface area (Å²) in [5, 5.41) is 20.6. The number of aliphatic carboxylic acids is 1. The number of amides is 1. The predicted octanol–water partition coefficient (Wildman–Crippen LogP) is 1.61. The van der Waals surface area contributed by atoms with Gasteiger partial charge in [-0.05, 0) is 31.0 Å². The van der Waals surface area contributed by atoms with E-state index in [9.17, 15) is 14.7 Å². The molecule has 17 heavy (non-hydrogen) atoms. The Kier molecular flexibility index (Phi) is 4.09. The molecule has 3 N–H and O–H groups in total. The summed E-state index contributed by atoms with van der Waals surface area (Å²) in [6.07, 6.45) is 0.762. The molecule has 1 amide bonds. The Labute approximate surface area is 99.1 Å². The second kappa shape index (κ2) is 5.34. The monoisotopic (exact) mass is 237 g/mol. The summed E-state index contributed by atoms with van der Waals surface area (Å²) in [7, 11) is 0. The number of carboxylic acids is 1. The van der Waals surface area contributed by atoms with E-state index < -0.39 is 17.8 Å². The normalized spacial score (nSPS) is 11.9. The van der Waals surface area contributed by atoms with Crippen molar-refractivity contribution in [3.63, 3.8) is 0 Å². The van der Waals surface area contributed by atoms with Crippen molar-refractivity contribution in [1.82, 2.24) is 0 Å². The van der Waals surface area contributed by atoms with Crippen molar-refractivity contribution in [3.05, 3.63) is 23.8 Å². The fraction of sp³-hybridized carbons (Fsp3) is 0.333. The maximum Gasteiger partial charge on any atom is 0.315 e. The summed E-state index contributed by atoms with van der Waals surface area (Å²) >= 11 is 0. The van der Waals surface area contributed by atoms with Gasteiger partial charge in [0.2, 0.25) is 5.91 Å². The zero-order valence-corrected chi connectivity index (χ0v) is 9.73. The summed E-state index contributed by atoms with van der Waals surface area (Å²) in [4.78, 5) is 22.1. The zero-order chi connectivity index (χ0) is 13.0. The van der Waals surface area contributed by atoms with Crippen LogP contribution in [-0.4, -0.2) is 22.1 Å². The molecule has 0 aliphatic heterocycles. The van der Waals surface area contributed by atoms with Crippen LogP contribution in [0.2, 0.25) is 0 Å². The third kappa shape index (κ3) is 3.21. The lowest BCUT2D eigenvalue weighted by Crippen LogP contribution is -2.26. The number of anilines is 1. The minimum Gasteiger partial charge on any atom is -0.506 e. The smallest absolute Gasteiger partial charge is 0.315 e. The van der Waals surface area contributed by atoms with E-state index in [2.05, 4.69) is 5.32 Å². The van der Waals surface area contributed by atoms with Crippen molar-refractivity contribution in [1.29, 1.82) is 0 Å². The highest BCUT2D eigenvalue weighted by atomic mass is 16.4. The first kappa shape index (κ1) is 13.0. The van der Waals surface area contributed by atoms with Gasteiger partial charge >= 0.3 is 5.97 Å². The van der Waals surface area contributed by atoms with Gasteiger partial charge in [0, 0.05) is 0 Å². The average Bonchev–Trinajstić information content (AvgIpc) is 2.30. The van der Waals surface area contributed by atoms with Gasteiger partial charge in [0.05, 0.1) is 5.69 Å². The number of carbonyl (C=O) groups is 2. The van der Waals surface area contributed by atoms with Gasteiger partial charge < -0.3 is 15.5 Å². The quantitative estimate of drug-likeness (QED) is 0.548. The third-order valence-corrected chi connectivity index (χ3v) is 2.49. The van der Waals surface area contributed by atoms with Crippen molar-refractivity contribution < 1.29 is 19.8 Å². The first-order chi connectivity index (χ1) is 7.95. The number of benzene rings is 1. The van der Waals surface area contributed by atoms with E-state index in [0.29, 0.717) is 0 Å². The van der Waals surface area contributed by atoms with Crippen LogP contribution in [0.3, 0.4) is 0 Å². The third-order valence-electron chi connectivity index (χ3n) is 2.49. The number of phenols is 1. The van der Waals surface area contributed by atoms with Gasteiger partial charge in [-0.3, -0.25) is 9.59 Å². The number of aryl methyl sites for hydroxylation is 1. The van der Waals surface area contributed by atoms with E-state index in [0.717, 1.165) is 12.0 Å². The lowest BCUT2D eigenvalue weighted by atomic mass is 10.1. The van der Waals surface area contributed by atoms with Crippen molar-refractivity contribution in [2.75, 3.05) is 5.32 Å². The number of rotatable bonds is 4. The Bertz CT molecular complexity index is 442. The van der Waals surface area contributed by atoms with Crippen LogP contribution in [0, 0.1) is 5.92 Å². The highest BCUT2D eigenvalue weighted by Crippen LogP contribution is 2.24. The number of phenolic OH excluding ortho intramolecular Hbond substituents is 1. The zero-order valence-electron chi connectivity index (χ0n) is 9.73. The Morgan fingerprint density at radius 3 is 2.59 bits per heavy atom. The molecule has 1 atom stereocenters. The largest absolute Gasteiger partial charge is 0.506 e. The Hall–Kier alpha value is -2.04. The van der Waals surface area contributed by atoms with E-state index in [4.69, 9.17) is 5.11 Å². The highest BCUT2D eigenvalue weighted by Gasteiger charge is 2.21. The molecule has 0 saturated carbocycles. The summed E-state index contributed by atoms with van der Waals surface area (Å²) in [6, 6.07) is 4.84. The lowest BCUT2D eigenvalue weighted by molar-refractivity contribution is -0.144. The van der Waals surface area contributed by atoms with Crippen LogP contribution in [0.25, 0.3) is 0 Å². The lowest BCUT2D eigenvalue weighted by Gasteiger charge is -2.10. The molecule has 0 saturated heterocycles. The molecular formula is C12H15NO4. The number of aromatic hydroxyl groups is 1. The topological polar surface area (TPSA) is 86.6 Å². The second-order valence-corrected chi connectivity index (χ2v) is 3.75.